The lowest BCUT2D eigenvalue weighted by Crippen LogP contribution is -2.43. The van der Waals surface area contributed by atoms with Crippen LogP contribution in [0.15, 0.2) is 11.0 Å². The van der Waals surface area contributed by atoms with Crippen LogP contribution in [-0.4, -0.2) is 47.3 Å². The van der Waals surface area contributed by atoms with Gasteiger partial charge in [-0.3, -0.25) is 9.59 Å². The maximum atomic E-state index is 12.1. The molecule has 1 aliphatic rings. The third-order valence-electron chi connectivity index (χ3n) is 2.95. The number of hydrogen-bond acceptors (Lipinski definition) is 5. The first-order valence-electron chi connectivity index (χ1n) is 5.56. The number of aromatic nitrogens is 1. The Morgan fingerprint density at radius 1 is 1.44 bits per heavy atom. The van der Waals surface area contributed by atoms with Crippen LogP contribution in [0, 0.1) is 0 Å². The number of nitrogen functional groups attached to an aromatic ring is 1. The van der Waals surface area contributed by atoms with E-state index in [4.69, 9.17) is 10.5 Å². The molecule has 7 nitrogen and oxygen atoms in total. The first-order chi connectivity index (χ1) is 8.56. The summed E-state index contributed by atoms with van der Waals surface area (Å²) >= 11 is 0. The van der Waals surface area contributed by atoms with Crippen molar-refractivity contribution in [3.8, 4) is 5.75 Å². The van der Waals surface area contributed by atoms with Gasteiger partial charge in [0.05, 0.1) is 6.61 Å². The maximum Gasteiger partial charge on any atom is 0.274 e. The van der Waals surface area contributed by atoms with Crippen molar-refractivity contribution in [1.82, 2.24) is 9.47 Å². The Kier molecular flexibility index (Phi) is 3.24. The van der Waals surface area contributed by atoms with Gasteiger partial charge in [-0.2, -0.15) is 0 Å². The van der Waals surface area contributed by atoms with Gasteiger partial charge in [-0.25, -0.2) is 0 Å². The second kappa shape index (κ2) is 4.69. The van der Waals surface area contributed by atoms with E-state index in [0.717, 1.165) is 0 Å². The van der Waals surface area contributed by atoms with Crippen LogP contribution in [0.3, 0.4) is 0 Å². The summed E-state index contributed by atoms with van der Waals surface area (Å²) in [6.07, 6.45) is 1.39. The Morgan fingerprint density at radius 2 is 2.17 bits per heavy atom. The number of carbonyl (C=O) groups is 1. The minimum absolute atomic E-state index is 0.00319. The molecule has 0 fully saturated rings. The number of rotatable bonds is 3. The highest BCUT2D eigenvalue weighted by Gasteiger charge is 2.28. The number of fused-ring (bicyclic) bond motifs is 1. The molecule has 0 bridgehead atoms. The van der Waals surface area contributed by atoms with Gasteiger partial charge in [-0.1, -0.05) is 0 Å². The van der Waals surface area contributed by atoms with Crippen LogP contribution >= 0.6 is 0 Å². The molecule has 0 spiro atoms. The van der Waals surface area contributed by atoms with Gasteiger partial charge in [0.2, 0.25) is 5.43 Å². The molecule has 7 heteroatoms. The van der Waals surface area contributed by atoms with Crippen LogP contribution in [0.1, 0.15) is 10.5 Å². The molecule has 18 heavy (non-hydrogen) atoms. The van der Waals surface area contributed by atoms with Crippen molar-refractivity contribution in [2.45, 2.75) is 6.54 Å². The van der Waals surface area contributed by atoms with E-state index in [1.807, 2.05) is 0 Å². The summed E-state index contributed by atoms with van der Waals surface area (Å²) in [6.45, 7) is 1.82. The molecule has 0 radical (unpaired) electrons. The van der Waals surface area contributed by atoms with E-state index in [1.54, 1.807) is 7.11 Å². The van der Waals surface area contributed by atoms with Crippen LogP contribution in [0.25, 0.3) is 0 Å². The summed E-state index contributed by atoms with van der Waals surface area (Å²) in [7, 11) is 1.55. The average molecular weight is 253 g/mol. The predicted molar refractivity (Wildman–Crippen MR) is 64.6 cm³/mol. The third kappa shape index (κ3) is 1.92. The fraction of sp³-hybridized carbons (Fsp3) is 0.455. The number of aromatic hydroxyl groups is 1. The summed E-state index contributed by atoms with van der Waals surface area (Å²) in [5, 5.41) is 9.75. The molecule has 3 N–H and O–H groups in total. The molecule has 98 valence electrons. The quantitative estimate of drug-likeness (QED) is 0.737. The lowest BCUT2D eigenvalue weighted by atomic mass is 10.2. The van der Waals surface area contributed by atoms with Crippen LogP contribution in [-0.2, 0) is 11.3 Å². The van der Waals surface area contributed by atoms with Crippen molar-refractivity contribution < 1.29 is 14.6 Å². The van der Waals surface area contributed by atoms with Crippen LogP contribution < -0.4 is 11.2 Å². The third-order valence-corrected chi connectivity index (χ3v) is 2.95. The van der Waals surface area contributed by atoms with E-state index in [0.29, 0.717) is 26.2 Å². The summed E-state index contributed by atoms with van der Waals surface area (Å²) in [5.74, 6) is -0.963. The van der Waals surface area contributed by atoms with Crippen LogP contribution in [0.5, 0.6) is 5.75 Å². The number of carbonyl (C=O) groups excluding carboxylic acids is 1. The van der Waals surface area contributed by atoms with Crippen molar-refractivity contribution in [3.05, 3.63) is 22.1 Å². The van der Waals surface area contributed by atoms with Crippen molar-refractivity contribution in [3.63, 3.8) is 0 Å². The van der Waals surface area contributed by atoms with Crippen LogP contribution in [0.4, 0.5) is 5.69 Å². The number of ether oxygens (including phenoxy) is 1. The van der Waals surface area contributed by atoms with Crippen LogP contribution in [0.2, 0.25) is 0 Å². The van der Waals surface area contributed by atoms with Gasteiger partial charge in [0.15, 0.2) is 11.4 Å². The second-order valence-corrected chi connectivity index (χ2v) is 4.09. The highest BCUT2D eigenvalue weighted by atomic mass is 16.5. The Balaban J connectivity index is 2.40. The Bertz CT molecular complexity index is 538. The molecule has 1 aromatic rings. The zero-order valence-electron chi connectivity index (χ0n) is 10.0. The van der Waals surface area contributed by atoms with Gasteiger partial charge in [0.1, 0.15) is 5.69 Å². The fourth-order valence-corrected chi connectivity index (χ4v) is 1.97. The molecule has 2 heterocycles. The number of nitrogens with two attached hydrogens (primary N) is 1. The molecule has 0 saturated carbocycles. The standard InChI is InChI=1S/C11H15N3O4/c1-18-5-4-13-2-3-14-6-7(12)9(15)10(16)8(14)11(13)17/h6,16H,2-5,12H2,1H3. The molecular formula is C11H15N3O4. The Hall–Kier alpha value is -2.02. The lowest BCUT2D eigenvalue weighted by molar-refractivity contribution is 0.0634. The molecule has 0 aromatic carbocycles. The minimum atomic E-state index is -0.705. The summed E-state index contributed by atoms with van der Waals surface area (Å²) in [5.41, 5.74) is 4.70. The molecule has 0 unspecified atom stereocenters. The Morgan fingerprint density at radius 3 is 2.83 bits per heavy atom. The van der Waals surface area contributed by atoms with Gasteiger partial charge in [0, 0.05) is 32.9 Å². The van der Waals surface area contributed by atoms with Crippen molar-refractivity contribution in [2.75, 3.05) is 32.5 Å². The topological polar surface area (TPSA) is 97.8 Å². The maximum absolute atomic E-state index is 12.1. The summed E-state index contributed by atoms with van der Waals surface area (Å²) in [4.78, 5) is 25.2. The molecule has 0 atom stereocenters. The predicted octanol–water partition coefficient (Wildman–Crippen LogP) is -0.762. The fourth-order valence-electron chi connectivity index (χ4n) is 1.97. The number of anilines is 1. The molecule has 1 aliphatic heterocycles. The molecule has 0 aliphatic carbocycles. The first-order valence-corrected chi connectivity index (χ1v) is 5.56. The van der Waals surface area contributed by atoms with E-state index < -0.39 is 11.2 Å². The average Bonchev–Trinajstić information content (AvgIpc) is 2.35. The number of pyridine rings is 1. The smallest absolute Gasteiger partial charge is 0.274 e. The number of hydrogen-bond donors (Lipinski definition) is 2. The monoisotopic (exact) mass is 253 g/mol. The normalized spacial score (nSPS) is 14.7. The van der Waals surface area contributed by atoms with Gasteiger partial charge in [-0.15, -0.1) is 0 Å². The van der Waals surface area contributed by atoms with Gasteiger partial charge < -0.3 is 25.0 Å². The van der Waals surface area contributed by atoms with Crippen molar-refractivity contribution in [2.24, 2.45) is 0 Å². The van der Waals surface area contributed by atoms with E-state index in [1.165, 1.54) is 15.7 Å². The van der Waals surface area contributed by atoms with Gasteiger partial charge in [-0.05, 0) is 0 Å². The largest absolute Gasteiger partial charge is 0.502 e. The summed E-state index contributed by atoms with van der Waals surface area (Å²) < 4.78 is 6.42. The summed E-state index contributed by atoms with van der Waals surface area (Å²) in [6, 6.07) is 0. The molecule has 2 rings (SSSR count). The van der Waals surface area contributed by atoms with E-state index in [2.05, 4.69) is 0 Å². The number of amides is 1. The number of nitrogens with zero attached hydrogens (tertiary/aromatic N) is 2. The number of methoxy groups -OCH3 is 1. The first kappa shape index (κ1) is 12.4. The molecular weight excluding hydrogens is 238 g/mol. The molecule has 1 amide bonds. The highest BCUT2D eigenvalue weighted by Crippen LogP contribution is 2.20. The highest BCUT2D eigenvalue weighted by molar-refractivity contribution is 5.96. The molecule has 0 saturated heterocycles. The van der Waals surface area contributed by atoms with Gasteiger partial charge in [0.25, 0.3) is 5.91 Å². The van der Waals surface area contributed by atoms with E-state index in [9.17, 15) is 14.7 Å². The SMILES string of the molecule is COCCN1CCn2cc(N)c(=O)c(O)c2C1=O. The minimum Gasteiger partial charge on any atom is -0.502 e. The zero-order chi connectivity index (χ0) is 13.3. The van der Waals surface area contributed by atoms with Crippen molar-refractivity contribution in [1.29, 1.82) is 0 Å². The Labute approximate surface area is 103 Å². The second-order valence-electron chi connectivity index (χ2n) is 4.09. The lowest BCUT2D eigenvalue weighted by Gasteiger charge is -2.30. The van der Waals surface area contributed by atoms with Crippen molar-refractivity contribution >= 4 is 11.6 Å². The van der Waals surface area contributed by atoms with E-state index in [-0.39, 0.29) is 17.3 Å². The molecule has 1 aromatic heterocycles. The van der Waals surface area contributed by atoms with E-state index >= 15 is 0 Å². The van der Waals surface area contributed by atoms with Gasteiger partial charge >= 0.3 is 0 Å². The zero-order valence-corrected chi connectivity index (χ0v) is 10.0.